The normalized spacial score (nSPS) is 15.8. The van der Waals surface area contributed by atoms with Gasteiger partial charge in [-0.3, -0.25) is 10.1 Å². The van der Waals surface area contributed by atoms with Crippen molar-refractivity contribution in [1.82, 2.24) is 25.1 Å². The van der Waals surface area contributed by atoms with E-state index in [-0.39, 0.29) is 12.0 Å². The van der Waals surface area contributed by atoms with Crippen molar-refractivity contribution < 1.29 is 9.13 Å². The molecule has 1 saturated heterocycles. The van der Waals surface area contributed by atoms with Gasteiger partial charge in [0.15, 0.2) is 5.82 Å². The third kappa shape index (κ3) is 3.83. The molecule has 3 aromatic heterocycles. The van der Waals surface area contributed by atoms with Gasteiger partial charge in [0.05, 0.1) is 11.2 Å². The van der Waals surface area contributed by atoms with E-state index in [2.05, 4.69) is 30.4 Å². The highest BCUT2D eigenvalue weighted by molar-refractivity contribution is 6.13. The zero-order valence-electron chi connectivity index (χ0n) is 19.2. The van der Waals surface area contributed by atoms with Crippen LogP contribution in [0.3, 0.4) is 0 Å². The van der Waals surface area contributed by atoms with Gasteiger partial charge in [0.1, 0.15) is 24.2 Å². The van der Waals surface area contributed by atoms with E-state index >= 15 is 4.39 Å². The monoisotopic (exact) mass is 469 g/mol. The third-order valence-corrected chi connectivity index (χ3v) is 6.39. The quantitative estimate of drug-likeness (QED) is 0.321. The lowest BCUT2D eigenvalue weighted by Gasteiger charge is -2.26. The summed E-state index contributed by atoms with van der Waals surface area (Å²) in [6.07, 6.45) is 6.94. The maximum Gasteiger partial charge on any atom is 0.157 e. The summed E-state index contributed by atoms with van der Waals surface area (Å²) < 4.78 is 21.2. The Hall–Kier alpha value is -4.11. The number of halogens is 1. The minimum atomic E-state index is -0.350. The standard InChI is InChI=1S/C26H24FN7O/c1-2-35-23-7-4-12-34(23)16-8-9-22(21(27)13-16)31-26-18-10-11-28-14-20(18)17-5-3-6-19(24(17)32-26)25-29-15-30-33-25/h3,5-6,8-11,13-15,23H,2,4,7,12H2,1H3,(H,31,32)(H,29,30,33). The number of anilines is 3. The molecule has 35 heavy (non-hydrogen) atoms. The molecule has 9 heteroatoms. The number of benzene rings is 2. The molecule has 0 bridgehead atoms. The highest BCUT2D eigenvalue weighted by Gasteiger charge is 2.25. The molecule has 1 aliphatic rings. The molecule has 0 saturated carbocycles. The third-order valence-electron chi connectivity index (χ3n) is 6.39. The molecule has 1 atom stereocenters. The van der Waals surface area contributed by atoms with Crippen molar-refractivity contribution in [3.8, 4) is 11.4 Å². The summed E-state index contributed by atoms with van der Waals surface area (Å²) in [6, 6.07) is 13.0. The molecule has 8 nitrogen and oxygen atoms in total. The van der Waals surface area contributed by atoms with Crippen molar-refractivity contribution in [2.24, 2.45) is 0 Å². The first kappa shape index (κ1) is 21.4. The zero-order valence-corrected chi connectivity index (χ0v) is 19.2. The summed E-state index contributed by atoms with van der Waals surface area (Å²) in [6.45, 7) is 3.47. The SMILES string of the molecule is CCOC1CCCN1c1ccc(Nc2nc3c(-c4ncn[nH]4)cccc3c3cnccc23)c(F)c1. The minimum Gasteiger partial charge on any atom is -0.359 e. The van der Waals surface area contributed by atoms with Crippen LogP contribution >= 0.6 is 0 Å². The van der Waals surface area contributed by atoms with E-state index in [1.165, 1.54) is 6.33 Å². The summed E-state index contributed by atoms with van der Waals surface area (Å²) in [4.78, 5) is 15.6. The van der Waals surface area contributed by atoms with Crippen molar-refractivity contribution in [3.63, 3.8) is 0 Å². The molecule has 2 N–H and O–H groups in total. The van der Waals surface area contributed by atoms with Crippen molar-refractivity contribution in [2.75, 3.05) is 23.4 Å². The predicted octanol–water partition coefficient (Wildman–Crippen LogP) is 5.41. The van der Waals surface area contributed by atoms with Crippen LogP contribution in [0.5, 0.6) is 0 Å². The van der Waals surface area contributed by atoms with Crippen molar-refractivity contribution in [3.05, 3.63) is 67.0 Å². The zero-order chi connectivity index (χ0) is 23.8. The topological polar surface area (TPSA) is 91.9 Å². The molecule has 0 aliphatic carbocycles. The van der Waals surface area contributed by atoms with Gasteiger partial charge >= 0.3 is 0 Å². The first-order chi connectivity index (χ1) is 17.2. The van der Waals surface area contributed by atoms with Crippen LogP contribution in [0.2, 0.25) is 0 Å². The van der Waals surface area contributed by atoms with E-state index in [0.717, 1.165) is 52.3 Å². The fraction of sp³-hybridized carbons (Fsp3) is 0.231. The number of rotatable bonds is 6. The van der Waals surface area contributed by atoms with E-state index in [9.17, 15) is 0 Å². The van der Waals surface area contributed by atoms with Crippen molar-refractivity contribution >= 4 is 38.9 Å². The molecule has 4 heterocycles. The molecule has 0 spiro atoms. The Labute approximate surface area is 201 Å². The first-order valence-corrected chi connectivity index (χ1v) is 11.7. The van der Waals surface area contributed by atoms with Crippen LogP contribution in [0.1, 0.15) is 19.8 Å². The van der Waals surface area contributed by atoms with Gasteiger partial charge in [-0.25, -0.2) is 14.4 Å². The molecule has 1 fully saturated rings. The highest BCUT2D eigenvalue weighted by atomic mass is 19.1. The van der Waals surface area contributed by atoms with Gasteiger partial charge in [-0.05, 0) is 50.1 Å². The second-order valence-electron chi connectivity index (χ2n) is 8.45. The molecule has 2 aromatic carbocycles. The smallest absolute Gasteiger partial charge is 0.157 e. The predicted molar refractivity (Wildman–Crippen MR) is 134 cm³/mol. The largest absolute Gasteiger partial charge is 0.359 e. The maximum atomic E-state index is 15.3. The average molecular weight is 470 g/mol. The number of aromatic nitrogens is 5. The van der Waals surface area contributed by atoms with Crippen LogP contribution in [0.25, 0.3) is 33.1 Å². The summed E-state index contributed by atoms with van der Waals surface area (Å²) in [7, 11) is 0. The van der Waals surface area contributed by atoms with Crippen molar-refractivity contribution in [2.45, 2.75) is 26.0 Å². The molecule has 1 aliphatic heterocycles. The Morgan fingerprint density at radius 2 is 2.11 bits per heavy atom. The number of hydrogen-bond donors (Lipinski definition) is 2. The van der Waals surface area contributed by atoms with Gasteiger partial charge in [-0.2, -0.15) is 5.10 Å². The number of pyridine rings is 2. The van der Waals surface area contributed by atoms with E-state index in [1.54, 1.807) is 24.5 Å². The molecular formula is C26H24FN7O. The minimum absolute atomic E-state index is 0.00804. The summed E-state index contributed by atoms with van der Waals surface area (Å²) in [5, 5.41) is 12.8. The second-order valence-corrected chi connectivity index (χ2v) is 8.45. The average Bonchev–Trinajstić information content (AvgIpc) is 3.58. The molecule has 6 rings (SSSR count). The summed E-state index contributed by atoms with van der Waals surface area (Å²) in [5.74, 6) is 0.807. The van der Waals surface area contributed by atoms with Gasteiger partial charge < -0.3 is 15.0 Å². The number of nitrogens with zero attached hydrogens (tertiary/aromatic N) is 5. The van der Waals surface area contributed by atoms with Crippen LogP contribution in [0.4, 0.5) is 21.6 Å². The van der Waals surface area contributed by atoms with E-state index in [1.807, 2.05) is 37.3 Å². The molecule has 176 valence electrons. The molecule has 5 aromatic rings. The van der Waals surface area contributed by atoms with Crippen LogP contribution in [0.15, 0.2) is 61.2 Å². The number of hydrogen-bond acceptors (Lipinski definition) is 7. The fourth-order valence-electron chi connectivity index (χ4n) is 4.80. The molecule has 0 radical (unpaired) electrons. The Balaban J connectivity index is 1.42. The van der Waals surface area contributed by atoms with Gasteiger partial charge in [0.2, 0.25) is 0 Å². The number of nitrogens with one attached hydrogen (secondary N) is 2. The van der Waals surface area contributed by atoms with Crippen molar-refractivity contribution in [1.29, 1.82) is 0 Å². The van der Waals surface area contributed by atoms with Gasteiger partial charge in [0, 0.05) is 53.0 Å². The summed E-state index contributed by atoms with van der Waals surface area (Å²) >= 11 is 0. The maximum absolute atomic E-state index is 15.3. The molecule has 0 amide bonds. The van der Waals surface area contributed by atoms with Gasteiger partial charge in [-0.1, -0.05) is 12.1 Å². The number of aromatic amines is 1. The Kier molecular flexibility index (Phi) is 5.46. The van der Waals surface area contributed by atoms with Crippen LogP contribution < -0.4 is 10.2 Å². The van der Waals surface area contributed by atoms with E-state index < -0.39 is 0 Å². The van der Waals surface area contributed by atoms with Crippen LogP contribution in [0, 0.1) is 5.82 Å². The highest BCUT2D eigenvalue weighted by Crippen LogP contribution is 2.36. The van der Waals surface area contributed by atoms with E-state index in [4.69, 9.17) is 9.72 Å². The molecular weight excluding hydrogens is 445 g/mol. The second kappa shape index (κ2) is 8.92. The van der Waals surface area contributed by atoms with Gasteiger partial charge in [-0.15, -0.1) is 0 Å². The van der Waals surface area contributed by atoms with Crippen LogP contribution in [-0.2, 0) is 4.74 Å². The summed E-state index contributed by atoms with van der Waals surface area (Å²) in [5.41, 5.74) is 2.70. The lowest BCUT2D eigenvalue weighted by molar-refractivity contribution is 0.0706. The Morgan fingerprint density at radius 3 is 2.94 bits per heavy atom. The number of ether oxygens (including phenoxy) is 1. The van der Waals surface area contributed by atoms with E-state index in [0.29, 0.717) is 23.9 Å². The number of fused-ring (bicyclic) bond motifs is 3. The fourth-order valence-corrected chi connectivity index (χ4v) is 4.80. The van der Waals surface area contributed by atoms with Crippen LogP contribution in [-0.4, -0.2) is 44.5 Å². The van der Waals surface area contributed by atoms with Gasteiger partial charge in [0.25, 0.3) is 0 Å². The molecule has 1 unspecified atom stereocenters. The first-order valence-electron chi connectivity index (χ1n) is 11.7. The Bertz CT molecular complexity index is 1510. The lowest BCUT2D eigenvalue weighted by Crippen LogP contribution is -2.31. The lowest BCUT2D eigenvalue weighted by atomic mass is 10.0. The number of H-pyrrole nitrogens is 1. The number of para-hydroxylation sites is 1. The Morgan fingerprint density at radius 1 is 1.17 bits per heavy atom.